The first kappa shape index (κ1) is 45.9. The smallest absolute Gasteiger partial charge is 0.324 e. The van der Waals surface area contributed by atoms with Gasteiger partial charge in [0.2, 0.25) is 5.91 Å². The second kappa shape index (κ2) is 18.6. The monoisotopic (exact) mass is 876 g/mol. The van der Waals surface area contributed by atoms with Crippen LogP contribution in [0.15, 0.2) is 60.8 Å². The Morgan fingerprint density at radius 3 is 2.49 bits per heavy atom. The summed E-state index contributed by atoms with van der Waals surface area (Å²) in [5.74, 6) is -1.72. The van der Waals surface area contributed by atoms with Crippen LogP contribution in [0.5, 0.6) is 0 Å². The first-order valence-electron chi connectivity index (χ1n) is 22.1. The second-order valence-electron chi connectivity index (χ2n) is 18.5. The van der Waals surface area contributed by atoms with Gasteiger partial charge in [-0.3, -0.25) is 24.4 Å². The van der Waals surface area contributed by atoms with Crippen LogP contribution in [0.3, 0.4) is 0 Å². The molecule has 0 unspecified atom stereocenters. The number of aryl methyl sites for hydroxylation is 1. The van der Waals surface area contributed by atoms with E-state index in [-0.39, 0.29) is 37.2 Å². The van der Waals surface area contributed by atoms with Crippen molar-refractivity contribution in [1.29, 1.82) is 0 Å². The second-order valence-corrected chi connectivity index (χ2v) is 19.3. The number of esters is 1. The molecule has 2 fully saturated rings. The van der Waals surface area contributed by atoms with Gasteiger partial charge in [0.15, 0.2) is 0 Å². The molecule has 0 spiro atoms. The van der Waals surface area contributed by atoms with Crippen molar-refractivity contribution in [2.24, 2.45) is 11.3 Å². The van der Waals surface area contributed by atoms with Crippen LogP contribution in [0, 0.1) is 11.3 Å². The standard InChI is InChI=1S/C48H62N7O7Si/c1-10-54-39-19-18-33-23-36(39)37(42(54)35-16-12-20-49-40(35)30(4)60-8)25-47(5,6)28-62-44(57)38-17-13-21-55(51-38)45(58)48(63,24-31-14-11-15-32(33)22-31)50-43(56)41(29(2)3)52(7)46(59)53-26-34(27-53)61-9/h11-12,14-16,18-20,22-23,29-30,34,38,41,51H,10,13,17,21,24-28H2,1-9H3,(H,50,56)/t30-,38-,41-,48+/m0/s1. The van der Waals surface area contributed by atoms with E-state index < -0.39 is 40.4 Å². The van der Waals surface area contributed by atoms with Gasteiger partial charge in [0.1, 0.15) is 17.2 Å². The molecular weight excluding hydrogens is 815 g/mol. The maximum Gasteiger partial charge on any atom is 0.324 e. The molecule has 2 aromatic carbocycles. The molecule has 3 aliphatic rings. The molecule has 4 atom stereocenters. The number of hydrazine groups is 1. The number of amides is 4. The average molecular weight is 877 g/mol. The van der Waals surface area contributed by atoms with E-state index in [0.29, 0.717) is 45.4 Å². The fraction of sp³-hybridized carbons (Fsp3) is 0.521. The molecule has 4 aromatic rings. The predicted molar refractivity (Wildman–Crippen MR) is 243 cm³/mol. The van der Waals surface area contributed by atoms with Crippen LogP contribution < -0.4 is 10.7 Å². The number of cyclic esters (lactones) is 1. The number of hydrogen-bond donors (Lipinski definition) is 2. The number of hydrogen-bond acceptors (Lipinski definition) is 9. The Morgan fingerprint density at radius 1 is 1.05 bits per heavy atom. The molecule has 5 heterocycles. The number of likely N-dealkylation sites (N-methyl/N-ethyl adjacent to an activating group) is 1. The van der Waals surface area contributed by atoms with Gasteiger partial charge in [-0.1, -0.05) is 58.0 Å². The third-order valence-electron chi connectivity index (χ3n) is 12.8. The van der Waals surface area contributed by atoms with Crippen LogP contribution in [0.25, 0.3) is 33.3 Å². The van der Waals surface area contributed by atoms with E-state index in [9.17, 15) is 19.2 Å². The number of nitrogens with zero attached hydrogens (tertiary/aromatic N) is 5. The molecule has 7 rings (SSSR count). The van der Waals surface area contributed by atoms with E-state index in [1.54, 1.807) is 32.4 Å². The SMILES string of the molecule is CCn1c(-c2cccnc2[C@H](C)OC)c2c3cc(ccc31)-c1cccc(c1)C[C@]([Si])(NC(=O)[C@H](C(C)C)N(C)C(=O)N1CC(OC)C1)C(=O)N1CCC[C@H](N1)C(=O)OCC(C)(C)C2. The topological polar surface area (TPSA) is 148 Å². The van der Waals surface area contributed by atoms with Crippen molar-refractivity contribution in [2.45, 2.75) is 103 Å². The highest BCUT2D eigenvalue weighted by molar-refractivity contribution is 6.29. The summed E-state index contributed by atoms with van der Waals surface area (Å²) in [4.78, 5) is 64.8. The summed E-state index contributed by atoms with van der Waals surface area (Å²) in [5, 5.41) is 3.86. The molecule has 63 heavy (non-hydrogen) atoms. The van der Waals surface area contributed by atoms with Crippen molar-refractivity contribution in [2.75, 3.05) is 47.5 Å². The van der Waals surface area contributed by atoms with E-state index in [1.165, 1.54) is 9.91 Å². The molecule has 6 bridgehead atoms. The third-order valence-corrected chi connectivity index (χ3v) is 13.3. The summed E-state index contributed by atoms with van der Waals surface area (Å²) in [5.41, 5.74) is 10.4. The number of likely N-dealkylation sites (tertiary alicyclic amines) is 1. The fourth-order valence-corrected chi connectivity index (χ4v) is 9.80. The van der Waals surface area contributed by atoms with Gasteiger partial charge in [-0.2, -0.15) is 0 Å². The molecule has 2 saturated heterocycles. The van der Waals surface area contributed by atoms with Gasteiger partial charge in [0, 0.05) is 68.9 Å². The van der Waals surface area contributed by atoms with Crippen LogP contribution in [-0.2, 0) is 48.0 Å². The van der Waals surface area contributed by atoms with E-state index in [2.05, 4.69) is 82.7 Å². The van der Waals surface area contributed by atoms with Crippen molar-refractivity contribution in [1.82, 2.24) is 35.1 Å². The number of rotatable bonds is 9. The lowest BCUT2D eigenvalue weighted by Gasteiger charge is -2.43. The quantitative estimate of drug-likeness (QED) is 0.161. The van der Waals surface area contributed by atoms with Crippen LogP contribution >= 0.6 is 0 Å². The number of carbonyl (C=O) groups is 4. The lowest BCUT2D eigenvalue weighted by molar-refractivity contribution is -0.156. The maximum atomic E-state index is 14.9. The van der Waals surface area contributed by atoms with Gasteiger partial charge < -0.3 is 33.9 Å². The van der Waals surface area contributed by atoms with Crippen molar-refractivity contribution < 1.29 is 33.4 Å². The highest BCUT2D eigenvalue weighted by Crippen LogP contribution is 2.42. The predicted octanol–water partition coefficient (Wildman–Crippen LogP) is 5.65. The van der Waals surface area contributed by atoms with Crippen molar-refractivity contribution in [3.63, 3.8) is 0 Å². The Balaban J connectivity index is 1.33. The van der Waals surface area contributed by atoms with E-state index in [4.69, 9.17) is 19.2 Å². The van der Waals surface area contributed by atoms with Gasteiger partial charge in [0.05, 0.1) is 53.5 Å². The van der Waals surface area contributed by atoms with E-state index in [0.717, 1.165) is 50.1 Å². The first-order chi connectivity index (χ1) is 30.0. The third kappa shape index (κ3) is 9.29. The number of methoxy groups -OCH3 is 2. The normalized spacial score (nSPS) is 21.7. The summed E-state index contributed by atoms with van der Waals surface area (Å²) in [7, 11) is 8.76. The molecule has 2 aromatic heterocycles. The molecule has 2 N–H and O–H groups in total. The lowest BCUT2D eigenvalue weighted by atomic mass is 9.84. The number of ether oxygens (including phenoxy) is 3. The Bertz CT molecular complexity index is 2360. The largest absolute Gasteiger partial charge is 0.464 e. The maximum absolute atomic E-state index is 14.9. The van der Waals surface area contributed by atoms with Crippen LogP contribution in [0.2, 0.25) is 0 Å². The number of aromatic nitrogens is 2. The molecule has 3 aliphatic heterocycles. The lowest BCUT2D eigenvalue weighted by Crippen LogP contribution is -2.69. The van der Waals surface area contributed by atoms with Crippen LogP contribution in [0.4, 0.5) is 4.79 Å². The molecule has 14 nitrogen and oxygen atoms in total. The van der Waals surface area contributed by atoms with Crippen molar-refractivity contribution in [3.8, 4) is 22.4 Å². The van der Waals surface area contributed by atoms with Crippen molar-refractivity contribution >= 4 is 45.0 Å². The summed E-state index contributed by atoms with van der Waals surface area (Å²) in [6, 6.07) is 16.6. The zero-order valence-electron chi connectivity index (χ0n) is 38.1. The van der Waals surface area contributed by atoms with Gasteiger partial charge in [-0.05, 0) is 85.5 Å². The zero-order valence-corrected chi connectivity index (χ0v) is 39.1. The summed E-state index contributed by atoms with van der Waals surface area (Å²) in [6.45, 7) is 14.1. The summed E-state index contributed by atoms with van der Waals surface area (Å²) >= 11 is 0. The molecule has 335 valence electrons. The number of benzene rings is 2. The minimum Gasteiger partial charge on any atom is -0.464 e. The molecular formula is C48H62N7O7Si. The fourth-order valence-electron chi connectivity index (χ4n) is 9.34. The van der Waals surface area contributed by atoms with Gasteiger partial charge in [0.25, 0.3) is 5.91 Å². The Hall–Kier alpha value is -5.09. The Morgan fingerprint density at radius 2 is 1.79 bits per heavy atom. The zero-order chi connectivity index (χ0) is 45.4. The number of fused-ring (bicyclic) bond motifs is 6. The van der Waals surface area contributed by atoms with Crippen LogP contribution in [0.1, 0.15) is 77.3 Å². The van der Waals surface area contributed by atoms with Crippen molar-refractivity contribution in [3.05, 3.63) is 77.6 Å². The molecule has 3 radical (unpaired) electrons. The molecule has 4 amide bonds. The van der Waals surface area contributed by atoms with Gasteiger partial charge in [-0.15, -0.1) is 0 Å². The van der Waals surface area contributed by atoms with E-state index >= 15 is 0 Å². The summed E-state index contributed by atoms with van der Waals surface area (Å²) < 4.78 is 19.7. The minimum absolute atomic E-state index is 0.0479. The number of pyridine rings is 1. The Labute approximate surface area is 374 Å². The number of nitrogens with one attached hydrogen (secondary N) is 2. The molecule has 0 aliphatic carbocycles. The van der Waals surface area contributed by atoms with Gasteiger partial charge in [-0.25, -0.2) is 10.2 Å². The highest BCUT2D eigenvalue weighted by atomic mass is 28.1. The number of urea groups is 1. The minimum atomic E-state index is -1.68. The van der Waals surface area contributed by atoms with E-state index in [1.807, 2.05) is 39.0 Å². The highest BCUT2D eigenvalue weighted by Gasteiger charge is 2.45. The first-order valence-corrected chi connectivity index (χ1v) is 22.6. The Kier molecular flexibility index (Phi) is 13.5. The van der Waals surface area contributed by atoms with Gasteiger partial charge >= 0.3 is 12.0 Å². The number of carbonyl (C=O) groups excluding carboxylic acids is 4. The molecule has 15 heteroatoms. The summed E-state index contributed by atoms with van der Waals surface area (Å²) in [6.07, 6.45) is 3.14. The molecule has 0 saturated carbocycles. The van der Waals surface area contributed by atoms with Crippen LogP contribution in [-0.4, -0.2) is 129 Å². The average Bonchev–Trinajstić information content (AvgIpc) is 3.55.